The average molecular weight is 334 g/mol. The van der Waals surface area contributed by atoms with Crippen molar-refractivity contribution in [3.63, 3.8) is 0 Å². The fourth-order valence-electron chi connectivity index (χ4n) is 2.59. The molecule has 3 aromatic rings. The Kier molecular flexibility index (Phi) is 4.61. The highest BCUT2D eigenvalue weighted by Crippen LogP contribution is 2.31. The van der Waals surface area contributed by atoms with E-state index in [1.165, 1.54) is 6.07 Å². The lowest BCUT2D eigenvalue weighted by Gasteiger charge is -2.10. The standard InChI is InChI=1S/C21H18O4/c22-17-7-2-14(3-8-17)1-6-16-12-19(24)13-21(25)20(16)11-15-4-9-18(23)10-5-15/h1-10,12-13,22-25H,11H2/b6-1+. The largest absolute Gasteiger partial charge is 0.508 e. The van der Waals surface area contributed by atoms with Crippen LogP contribution in [0.2, 0.25) is 0 Å². The van der Waals surface area contributed by atoms with Gasteiger partial charge in [-0.15, -0.1) is 0 Å². The van der Waals surface area contributed by atoms with Gasteiger partial charge in [-0.25, -0.2) is 0 Å². The summed E-state index contributed by atoms with van der Waals surface area (Å²) in [6, 6.07) is 16.4. The van der Waals surface area contributed by atoms with Crippen LogP contribution in [0.15, 0.2) is 60.7 Å². The van der Waals surface area contributed by atoms with Crippen molar-refractivity contribution in [1.29, 1.82) is 0 Å². The Labute approximate surface area is 145 Å². The first-order valence-corrected chi connectivity index (χ1v) is 7.81. The second kappa shape index (κ2) is 7.01. The van der Waals surface area contributed by atoms with Gasteiger partial charge in [-0.2, -0.15) is 0 Å². The van der Waals surface area contributed by atoms with Crippen molar-refractivity contribution in [3.05, 3.63) is 82.9 Å². The number of hydrogen-bond donors (Lipinski definition) is 4. The van der Waals surface area contributed by atoms with E-state index in [9.17, 15) is 20.4 Å². The predicted molar refractivity (Wildman–Crippen MR) is 97.7 cm³/mol. The van der Waals surface area contributed by atoms with Crippen molar-refractivity contribution >= 4 is 12.2 Å². The smallest absolute Gasteiger partial charge is 0.123 e. The van der Waals surface area contributed by atoms with E-state index in [0.717, 1.165) is 11.1 Å². The summed E-state index contributed by atoms with van der Waals surface area (Å²) in [4.78, 5) is 0. The van der Waals surface area contributed by atoms with Gasteiger partial charge in [-0.1, -0.05) is 36.4 Å². The first-order chi connectivity index (χ1) is 12.0. The van der Waals surface area contributed by atoms with Gasteiger partial charge in [0.2, 0.25) is 0 Å². The molecule has 4 heteroatoms. The van der Waals surface area contributed by atoms with Crippen LogP contribution in [0.3, 0.4) is 0 Å². The van der Waals surface area contributed by atoms with Crippen LogP contribution in [0.25, 0.3) is 12.2 Å². The number of phenolic OH excluding ortho intramolecular Hbond substituents is 4. The zero-order valence-corrected chi connectivity index (χ0v) is 13.4. The molecule has 0 saturated heterocycles. The molecule has 3 rings (SSSR count). The Morgan fingerprint density at radius 1 is 0.640 bits per heavy atom. The van der Waals surface area contributed by atoms with E-state index in [-0.39, 0.29) is 23.0 Å². The third-order valence-electron chi connectivity index (χ3n) is 3.91. The fraction of sp³-hybridized carbons (Fsp3) is 0.0476. The topological polar surface area (TPSA) is 80.9 Å². The molecule has 0 spiro atoms. The molecule has 0 aromatic heterocycles. The molecule has 4 N–H and O–H groups in total. The van der Waals surface area contributed by atoms with Crippen LogP contribution in [0, 0.1) is 0 Å². The molecule has 0 heterocycles. The molecule has 126 valence electrons. The lowest BCUT2D eigenvalue weighted by molar-refractivity contribution is 0.446. The molecule has 0 aliphatic heterocycles. The maximum atomic E-state index is 10.2. The third-order valence-corrected chi connectivity index (χ3v) is 3.91. The van der Waals surface area contributed by atoms with Crippen LogP contribution in [-0.4, -0.2) is 20.4 Å². The summed E-state index contributed by atoms with van der Waals surface area (Å²) in [5.74, 6) is 0.377. The molecule has 0 fully saturated rings. The molecule has 0 radical (unpaired) electrons. The number of rotatable bonds is 4. The number of hydrogen-bond acceptors (Lipinski definition) is 4. The van der Waals surface area contributed by atoms with E-state index in [2.05, 4.69) is 0 Å². The van der Waals surface area contributed by atoms with Crippen molar-refractivity contribution in [3.8, 4) is 23.0 Å². The molecule has 0 aliphatic rings. The Hall–Kier alpha value is -3.40. The summed E-state index contributed by atoms with van der Waals surface area (Å²) >= 11 is 0. The molecule has 0 saturated carbocycles. The maximum Gasteiger partial charge on any atom is 0.123 e. The van der Waals surface area contributed by atoms with Crippen LogP contribution in [0.4, 0.5) is 0 Å². The maximum absolute atomic E-state index is 10.2. The molecule has 0 amide bonds. The first-order valence-electron chi connectivity index (χ1n) is 7.81. The average Bonchev–Trinajstić information content (AvgIpc) is 2.59. The van der Waals surface area contributed by atoms with Gasteiger partial charge in [0.15, 0.2) is 0 Å². The van der Waals surface area contributed by atoms with Crippen LogP contribution in [-0.2, 0) is 6.42 Å². The van der Waals surface area contributed by atoms with E-state index in [4.69, 9.17) is 0 Å². The van der Waals surface area contributed by atoms with Gasteiger partial charge >= 0.3 is 0 Å². The molecular formula is C21H18O4. The lowest BCUT2D eigenvalue weighted by atomic mass is 9.97. The Balaban J connectivity index is 1.94. The normalized spacial score (nSPS) is 11.0. The molecule has 3 aromatic carbocycles. The van der Waals surface area contributed by atoms with Crippen LogP contribution < -0.4 is 0 Å². The first kappa shape index (κ1) is 16.5. The van der Waals surface area contributed by atoms with Crippen molar-refractivity contribution in [2.45, 2.75) is 6.42 Å². The minimum absolute atomic E-state index is 0.0124. The van der Waals surface area contributed by atoms with Gasteiger partial charge < -0.3 is 20.4 Å². The van der Waals surface area contributed by atoms with Gasteiger partial charge in [0.05, 0.1) is 0 Å². The highest BCUT2D eigenvalue weighted by molar-refractivity contribution is 5.73. The van der Waals surface area contributed by atoms with Crippen molar-refractivity contribution < 1.29 is 20.4 Å². The van der Waals surface area contributed by atoms with E-state index in [1.54, 1.807) is 54.6 Å². The zero-order chi connectivity index (χ0) is 17.8. The summed E-state index contributed by atoms with van der Waals surface area (Å²) < 4.78 is 0. The molecule has 0 bridgehead atoms. The summed E-state index contributed by atoms with van der Waals surface area (Å²) in [5, 5.41) is 38.8. The van der Waals surface area contributed by atoms with E-state index in [1.807, 2.05) is 12.2 Å². The third kappa shape index (κ3) is 4.12. The highest BCUT2D eigenvalue weighted by atomic mass is 16.3. The highest BCUT2D eigenvalue weighted by Gasteiger charge is 2.10. The lowest BCUT2D eigenvalue weighted by Crippen LogP contribution is -1.93. The summed E-state index contributed by atoms with van der Waals surface area (Å²) in [6.45, 7) is 0. The van der Waals surface area contributed by atoms with Gasteiger partial charge in [0.1, 0.15) is 23.0 Å². The quantitative estimate of drug-likeness (QED) is 0.537. The summed E-state index contributed by atoms with van der Waals surface area (Å²) in [5.41, 5.74) is 3.19. The van der Waals surface area contributed by atoms with E-state index < -0.39 is 0 Å². The monoisotopic (exact) mass is 334 g/mol. The van der Waals surface area contributed by atoms with Crippen molar-refractivity contribution in [2.75, 3.05) is 0 Å². The Morgan fingerprint density at radius 2 is 1.24 bits per heavy atom. The molecule has 0 atom stereocenters. The van der Waals surface area contributed by atoms with Crippen molar-refractivity contribution in [2.24, 2.45) is 0 Å². The summed E-state index contributed by atoms with van der Waals surface area (Å²) in [6.07, 6.45) is 4.11. The molecule has 0 unspecified atom stereocenters. The van der Waals surface area contributed by atoms with Gasteiger partial charge in [-0.3, -0.25) is 0 Å². The number of phenols is 4. The molecule has 25 heavy (non-hydrogen) atoms. The molecule has 0 aliphatic carbocycles. The van der Waals surface area contributed by atoms with Gasteiger partial charge in [-0.05, 0) is 47.0 Å². The Morgan fingerprint density at radius 3 is 1.88 bits per heavy atom. The van der Waals surface area contributed by atoms with Gasteiger partial charge in [0, 0.05) is 18.1 Å². The minimum Gasteiger partial charge on any atom is -0.508 e. The molecular weight excluding hydrogens is 316 g/mol. The Bertz CT molecular complexity index is 894. The second-order valence-corrected chi connectivity index (χ2v) is 5.80. The summed E-state index contributed by atoms with van der Waals surface area (Å²) in [7, 11) is 0. The SMILES string of the molecule is Oc1ccc(/C=C/c2cc(O)cc(O)c2Cc2ccc(O)cc2)cc1. The minimum atomic E-state index is -0.0164. The number of benzene rings is 3. The van der Waals surface area contributed by atoms with Crippen LogP contribution >= 0.6 is 0 Å². The van der Waals surface area contributed by atoms with Gasteiger partial charge in [0.25, 0.3) is 0 Å². The predicted octanol–water partition coefficient (Wildman–Crippen LogP) is 4.27. The van der Waals surface area contributed by atoms with Crippen LogP contribution in [0.1, 0.15) is 22.3 Å². The number of aromatic hydroxyl groups is 4. The zero-order valence-electron chi connectivity index (χ0n) is 13.4. The fourth-order valence-corrected chi connectivity index (χ4v) is 2.59. The van der Waals surface area contributed by atoms with Crippen molar-refractivity contribution in [1.82, 2.24) is 0 Å². The molecule has 4 nitrogen and oxygen atoms in total. The van der Waals surface area contributed by atoms with E-state index >= 15 is 0 Å². The van der Waals surface area contributed by atoms with Crippen LogP contribution in [0.5, 0.6) is 23.0 Å². The second-order valence-electron chi connectivity index (χ2n) is 5.80. The van der Waals surface area contributed by atoms with E-state index in [0.29, 0.717) is 17.5 Å².